The van der Waals surface area contributed by atoms with Gasteiger partial charge in [-0.2, -0.15) is 0 Å². The Morgan fingerprint density at radius 1 is 1.40 bits per heavy atom. The van der Waals surface area contributed by atoms with E-state index in [0.29, 0.717) is 23.1 Å². The molecule has 0 bridgehead atoms. The molecule has 0 spiro atoms. The maximum absolute atomic E-state index is 11.5. The topological polar surface area (TPSA) is 42.0 Å². The van der Waals surface area contributed by atoms with Gasteiger partial charge in [0, 0.05) is 18.6 Å². The van der Waals surface area contributed by atoms with Gasteiger partial charge in [0.05, 0.1) is 5.02 Å². The van der Waals surface area contributed by atoms with Gasteiger partial charge in [-0.1, -0.05) is 11.6 Å². The Morgan fingerprint density at radius 2 is 2.20 bits per heavy atom. The van der Waals surface area contributed by atoms with Crippen molar-refractivity contribution in [1.82, 2.24) is 10.3 Å². The number of carbonyl (C=O) groups excluding carboxylic acids is 1. The molecule has 82 valence electrons. The van der Waals surface area contributed by atoms with Crippen LogP contribution >= 0.6 is 23.2 Å². The number of halogens is 2. The number of alkyl halides is 1. The van der Waals surface area contributed by atoms with Crippen molar-refractivity contribution in [3.05, 3.63) is 29.0 Å². The van der Waals surface area contributed by atoms with E-state index in [2.05, 4.69) is 10.3 Å². The fourth-order valence-electron chi connectivity index (χ4n) is 1.02. The van der Waals surface area contributed by atoms with Crippen LogP contribution in [0.4, 0.5) is 0 Å². The second kappa shape index (κ2) is 6.64. The van der Waals surface area contributed by atoms with Crippen LogP contribution in [0.5, 0.6) is 0 Å². The highest BCUT2D eigenvalue weighted by molar-refractivity contribution is 6.30. The first kappa shape index (κ1) is 12.3. The zero-order chi connectivity index (χ0) is 11.1. The molecule has 1 amide bonds. The fourth-order valence-corrected chi connectivity index (χ4v) is 1.32. The number of nitrogens with zero attached hydrogens (tertiary/aromatic N) is 1. The number of amides is 1. The minimum Gasteiger partial charge on any atom is -0.351 e. The SMILES string of the molecule is O=C(NCCCCCl)c1ccc(Cl)cn1. The molecule has 0 saturated heterocycles. The van der Waals surface area contributed by atoms with Crippen LogP contribution in [0.1, 0.15) is 23.3 Å². The summed E-state index contributed by atoms with van der Waals surface area (Å²) in [7, 11) is 0. The monoisotopic (exact) mass is 246 g/mol. The van der Waals surface area contributed by atoms with E-state index in [0.717, 1.165) is 12.8 Å². The molecule has 1 aromatic rings. The summed E-state index contributed by atoms with van der Waals surface area (Å²) < 4.78 is 0. The number of nitrogens with one attached hydrogen (secondary N) is 1. The Balaban J connectivity index is 2.37. The van der Waals surface area contributed by atoms with E-state index >= 15 is 0 Å². The quantitative estimate of drug-likeness (QED) is 0.641. The summed E-state index contributed by atoms with van der Waals surface area (Å²) in [5.74, 6) is 0.441. The summed E-state index contributed by atoms with van der Waals surface area (Å²) in [6, 6.07) is 3.24. The van der Waals surface area contributed by atoms with Crippen molar-refractivity contribution in [2.45, 2.75) is 12.8 Å². The molecule has 0 aliphatic carbocycles. The molecule has 5 heteroatoms. The maximum atomic E-state index is 11.5. The zero-order valence-corrected chi connectivity index (χ0v) is 9.68. The van der Waals surface area contributed by atoms with Crippen molar-refractivity contribution < 1.29 is 4.79 Å². The van der Waals surface area contributed by atoms with Crippen molar-refractivity contribution in [1.29, 1.82) is 0 Å². The average molecular weight is 247 g/mol. The largest absolute Gasteiger partial charge is 0.351 e. The Bertz CT molecular complexity index is 314. The van der Waals surface area contributed by atoms with Crippen LogP contribution in [-0.4, -0.2) is 23.3 Å². The maximum Gasteiger partial charge on any atom is 0.269 e. The number of unbranched alkanes of at least 4 members (excludes halogenated alkanes) is 1. The van der Waals surface area contributed by atoms with E-state index in [9.17, 15) is 4.79 Å². The van der Waals surface area contributed by atoms with Gasteiger partial charge in [0.25, 0.3) is 5.91 Å². The van der Waals surface area contributed by atoms with Crippen LogP contribution in [0.25, 0.3) is 0 Å². The standard InChI is InChI=1S/C10H12Cl2N2O/c11-5-1-2-6-13-10(15)9-4-3-8(12)7-14-9/h3-4,7H,1-2,5-6H2,(H,13,15). The van der Waals surface area contributed by atoms with E-state index in [1.165, 1.54) is 6.20 Å². The minimum atomic E-state index is -0.179. The van der Waals surface area contributed by atoms with Crippen LogP contribution in [-0.2, 0) is 0 Å². The number of hydrogen-bond donors (Lipinski definition) is 1. The molecule has 0 fully saturated rings. The molecule has 1 aromatic heterocycles. The predicted molar refractivity (Wildman–Crippen MR) is 61.5 cm³/mol. The third kappa shape index (κ3) is 4.49. The van der Waals surface area contributed by atoms with Crippen LogP contribution in [0.15, 0.2) is 18.3 Å². The molecule has 15 heavy (non-hydrogen) atoms. The average Bonchev–Trinajstić information content (AvgIpc) is 2.25. The smallest absolute Gasteiger partial charge is 0.269 e. The molecular weight excluding hydrogens is 235 g/mol. The van der Waals surface area contributed by atoms with Gasteiger partial charge in [-0.3, -0.25) is 4.79 Å². The molecule has 0 radical (unpaired) electrons. The van der Waals surface area contributed by atoms with Crippen molar-refractivity contribution in [3.8, 4) is 0 Å². The highest BCUT2D eigenvalue weighted by Crippen LogP contribution is 2.05. The third-order valence-electron chi connectivity index (χ3n) is 1.81. The fraction of sp³-hybridized carbons (Fsp3) is 0.400. The van der Waals surface area contributed by atoms with Crippen LogP contribution in [0.3, 0.4) is 0 Å². The first-order chi connectivity index (χ1) is 7.24. The summed E-state index contributed by atoms with van der Waals surface area (Å²) in [6.07, 6.45) is 3.23. The van der Waals surface area contributed by atoms with E-state index in [-0.39, 0.29) is 5.91 Å². The van der Waals surface area contributed by atoms with Crippen LogP contribution in [0, 0.1) is 0 Å². The first-order valence-electron chi connectivity index (χ1n) is 4.70. The molecule has 0 aliphatic heterocycles. The van der Waals surface area contributed by atoms with Crippen molar-refractivity contribution in [2.24, 2.45) is 0 Å². The van der Waals surface area contributed by atoms with E-state index in [1.807, 2.05) is 0 Å². The Kier molecular flexibility index (Phi) is 5.43. The van der Waals surface area contributed by atoms with Crippen molar-refractivity contribution in [2.75, 3.05) is 12.4 Å². The van der Waals surface area contributed by atoms with Crippen molar-refractivity contribution in [3.63, 3.8) is 0 Å². The zero-order valence-electron chi connectivity index (χ0n) is 8.17. The number of rotatable bonds is 5. The second-order valence-corrected chi connectivity index (χ2v) is 3.83. The Morgan fingerprint density at radius 3 is 2.80 bits per heavy atom. The molecule has 0 unspecified atom stereocenters. The van der Waals surface area contributed by atoms with Gasteiger partial charge in [0.2, 0.25) is 0 Å². The molecule has 1 rings (SSSR count). The van der Waals surface area contributed by atoms with Crippen LogP contribution < -0.4 is 5.32 Å². The van der Waals surface area contributed by atoms with Gasteiger partial charge in [0.15, 0.2) is 0 Å². The molecule has 0 saturated carbocycles. The molecule has 0 atom stereocenters. The number of aromatic nitrogens is 1. The molecular formula is C10H12Cl2N2O. The summed E-state index contributed by atoms with van der Waals surface area (Å²) in [6.45, 7) is 0.621. The lowest BCUT2D eigenvalue weighted by atomic mass is 10.3. The number of hydrogen-bond acceptors (Lipinski definition) is 2. The molecule has 3 nitrogen and oxygen atoms in total. The summed E-state index contributed by atoms with van der Waals surface area (Å²) in [5, 5.41) is 3.27. The van der Waals surface area contributed by atoms with Gasteiger partial charge in [0.1, 0.15) is 5.69 Å². The number of carbonyl (C=O) groups is 1. The predicted octanol–water partition coefficient (Wildman–Crippen LogP) is 2.48. The normalized spacial score (nSPS) is 10.0. The van der Waals surface area contributed by atoms with Gasteiger partial charge in [-0.25, -0.2) is 4.98 Å². The van der Waals surface area contributed by atoms with E-state index in [1.54, 1.807) is 12.1 Å². The van der Waals surface area contributed by atoms with Crippen LogP contribution in [0.2, 0.25) is 5.02 Å². The van der Waals surface area contributed by atoms with Gasteiger partial charge in [-0.15, -0.1) is 11.6 Å². The molecule has 0 aliphatic rings. The summed E-state index contributed by atoms with van der Waals surface area (Å²) in [5.41, 5.74) is 0.380. The second-order valence-electron chi connectivity index (χ2n) is 3.01. The van der Waals surface area contributed by atoms with Gasteiger partial charge >= 0.3 is 0 Å². The highest BCUT2D eigenvalue weighted by Gasteiger charge is 2.05. The minimum absolute atomic E-state index is 0.179. The molecule has 0 aromatic carbocycles. The first-order valence-corrected chi connectivity index (χ1v) is 5.61. The Labute approximate surface area is 98.8 Å². The molecule has 1 N–H and O–H groups in total. The third-order valence-corrected chi connectivity index (χ3v) is 2.30. The Hall–Kier alpha value is -0.800. The summed E-state index contributed by atoms with van der Waals surface area (Å²) >= 11 is 11.2. The van der Waals surface area contributed by atoms with E-state index in [4.69, 9.17) is 23.2 Å². The molecule has 1 heterocycles. The van der Waals surface area contributed by atoms with Gasteiger partial charge in [-0.05, 0) is 25.0 Å². The number of pyridine rings is 1. The lowest BCUT2D eigenvalue weighted by Gasteiger charge is -2.03. The van der Waals surface area contributed by atoms with Gasteiger partial charge < -0.3 is 5.32 Å². The lowest BCUT2D eigenvalue weighted by molar-refractivity contribution is 0.0948. The summed E-state index contributed by atoms with van der Waals surface area (Å²) in [4.78, 5) is 15.4. The van der Waals surface area contributed by atoms with Crippen molar-refractivity contribution >= 4 is 29.1 Å². The highest BCUT2D eigenvalue weighted by atomic mass is 35.5. The lowest BCUT2D eigenvalue weighted by Crippen LogP contribution is -2.25. The van der Waals surface area contributed by atoms with E-state index < -0.39 is 0 Å².